The number of fused-ring (bicyclic) bond motifs is 2. The number of carbonyl (C=O) groups excluding carboxylic acids is 3. The van der Waals surface area contributed by atoms with Gasteiger partial charge in [-0.1, -0.05) is 25.2 Å². The van der Waals surface area contributed by atoms with Gasteiger partial charge in [0.2, 0.25) is 5.60 Å². The molecular weight excluding hydrogens is 428 g/mol. The second kappa shape index (κ2) is 5.78. The van der Waals surface area contributed by atoms with Crippen LogP contribution in [0.2, 0.25) is 0 Å². The summed E-state index contributed by atoms with van der Waals surface area (Å²) in [6, 6.07) is 0. The van der Waals surface area contributed by atoms with Gasteiger partial charge >= 0.3 is 17.9 Å². The monoisotopic (exact) mass is 458 g/mol. The van der Waals surface area contributed by atoms with E-state index in [4.69, 9.17) is 14.2 Å². The molecule has 2 spiro atoms. The Morgan fingerprint density at radius 3 is 2.30 bits per heavy atom. The Bertz CT molecular complexity index is 1120. The average Bonchev–Trinajstić information content (AvgIpc) is 2.91. The molecule has 0 radical (unpaired) electrons. The number of hydrogen-bond acceptors (Lipinski definition) is 8. The summed E-state index contributed by atoms with van der Waals surface area (Å²) in [5, 5.41) is 23.6. The van der Waals surface area contributed by atoms with Crippen molar-refractivity contribution in [2.24, 2.45) is 16.2 Å². The summed E-state index contributed by atoms with van der Waals surface area (Å²) in [5.41, 5.74) is -7.34. The molecule has 2 saturated heterocycles. The van der Waals surface area contributed by atoms with Gasteiger partial charge in [-0.2, -0.15) is 0 Å². The second-order valence-corrected chi connectivity index (χ2v) is 11.0. The van der Waals surface area contributed by atoms with Crippen LogP contribution in [0.15, 0.2) is 35.5 Å². The molecule has 8 heteroatoms. The molecule has 8 nitrogen and oxygen atoms in total. The Morgan fingerprint density at radius 1 is 1.06 bits per heavy atom. The van der Waals surface area contributed by atoms with Crippen molar-refractivity contribution in [3.8, 4) is 0 Å². The highest BCUT2D eigenvalue weighted by molar-refractivity contribution is 6.01. The molecule has 0 aromatic carbocycles. The molecule has 3 heterocycles. The van der Waals surface area contributed by atoms with E-state index in [1.54, 1.807) is 13.0 Å². The number of cyclic esters (lactones) is 2. The fraction of sp³-hybridized carbons (Fsp3) is 0.640. The summed E-state index contributed by atoms with van der Waals surface area (Å²) in [6.07, 6.45) is 1.46. The maximum Gasteiger partial charge on any atom is 0.344 e. The molecule has 178 valence electrons. The zero-order valence-electron chi connectivity index (χ0n) is 19.8. The lowest BCUT2D eigenvalue weighted by molar-refractivity contribution is -0.241. The number of aliphatic hydroxyl groups is 2. The van der Waals surface area contributed by atoms with Gasteiger partial charge < -0.3 is 24.4 Å². The van der Waals surface area contributed by atoms with Gasteiger partial charge in [0.1, 0.15) is 23.2 Å². The van der Waals surface area contributed by atoms with E-state index in [2.05, 4.69) is 6.58 Å². The number of aliphatic hydroxyl groups excluding tert-OH is 1. The molecule has 5 aliphatic rings. The Kier molecular flexibility index (Phi) is 3.91. The van der Waals surface area contributed by atoms with E-state index in [9.17, 15) is 24.6 Å². The summed E-state index contributed by atoms with van der Waals surface area (Å²) in [6.45, 7) is 14.4. The topological polar surface area (TPSA) is 119 Å². The van der Waals surface area contributed by atoms with E-state index in [0.29, 0.717) is 24.0 Å². The highest BCUT2D eigenvalue weighted by Crippen LogP contribution is 2.74. The van der Waals surface area contributed by atoms with Gasteiger partial charge in [0, 0.05) is 16.9 Å². The van der Waals surface area contributed by atoms with Gasteiger partial charge in [-0.3, -0.25) is 4.79 Å². The van der Waals surface area contributed by atoms with Crippen LogP contribution in [0.25, 0.3) is 0 Å². The standard InChI is InChI=1S/C25H30O8/c1-12-16-17(27)22(7)13(2)24(18(28)31-14(3)25(24,30)19(29)33-22)21(16,6)10-11-23(12)9-8-15(26)32-20(23,4)5/h8-9,14,17,27,30H,2,10-11H2,1,3-7H3/t14-,17+,21+,22+,23+,24+,25+/m0/s1. The van der Waals surface area contributed by atoms with Crippen molar-refractivity contribution in [1.82, 2.24) is 0 Å². The maximum absolute atomic E-state index is 13.6. The number of hydrogen-bond donors (Lipinski definition) is 2. The van der Waals surface area contributed by atoms with Crippen LogP contribution in [0, 0.1) is 16.2 Å². The van der Waals surface area contributed by atoms with Crippen LogP contribution in [0.5, 0.6) is 0 Å². The molecule has 0 aromatic heterocycles. The Hall–Kier alpha value is -2.45. The summed E-state index contributed by atoms with van der Waals surface area (Å²) in [4.78, 5) is 38.9. The largest absolute Gasteiger partial charge is 0.458 e. The van der Waals surface area contributed by atoms with Gasteiger partial charge in [0.25, 0.3) is 0 Å². The molecule has 2 bridgehead atoms. The Morgan fingerprint density at radius 2 is 1.70 bits per heavy atom. The number of ether oxygens (including phenoxy) is 3. The first kappa shape index (κ1) is 22.3. The third-order valence-corrected chi connectivity index (χ3v) is 9.66. The van der Waals surface area contributed by atoms with Gasteiger partial charge in [-0.25, -0.2) is 9.59 Å². The molecule has 2 N–H and O–H groups in total. The van der Waals surface area contributed by atoms with Crippen molar-refractivity contribution < 1.29 is 38.8 Å². The molecule has 0 unspecified atom stereocenters. The SMILES string of the molecule is C=C1[C@]23C(=O)O[C@@H](C)[C@@]2(O)C(=O)O[C@@]1(C)[C@H](O)C1=C(C)[C@@]2(C=CC(=O)OC2(C)C)CC[C@]13C. The van der Waals surface area contributed by atoms with Gasteiger partial charge in [0.15, 0.2) is 5.60 Å². The Labute approximate surface area is 192 Å². The van der Waals surface area contributed by atoms with Crippen molar-refractivity contribution in [3.63, 3.8) is 0 Å². The van der Waals surface area contributed by atoms with E-state index >= 15 is 0 Å². The van der Waals surface area contributed by atoms with Crippen molar-refractivity contribution in [3.05, 3.63) is 35.5 Å². The molecular formula is C25H30O8. The zero-order valence-corrected chi connectivity index (χ0v) is 19.8. The third kappa shape index (κ3) is 1.94. The van der Waals surface area contributed by atoms with Crippen LogP contribution in [0.3, 0.4) is 0 Å². The average molecular weight is 459 g/mol. The Balaban J connectivity index is 1.89. The van der Waals surface area contributed by atoms with Crippen molar-refractivity contribution >= 4 is 17.9 Å². The molecule has 2 aliphatic carbocycles. The smallest absolute Gasteiger partial charge is 0.344 e. The normalized spacial score (nSPS) is 49.9. The van der Waals surface area contributed by atoms with Crippen molar-refractivity contribution in [1.29, 1.82) is 0 Å². The minimum atomic E-state index is -2.30. The van der Waals surface area contributed by atoms with Gasteiger partial charge in [0.05, 0.1) is 0 Å². The lowest BCUT2D eigenvalue weighted by Gasteiger charge is -2.67. The van der Waals surface area contributed by atoms with Crippen molar-refractivity contribution in [2.45, 2.75) is 83.4 Å². The highest BCUT2D eigenvalue weighted by atomic mass is 16.6. The summed E-state index contributed by atoms with van der Waals surface area (Å²) < 4.78 is 16.9. The molecule has 0 amide bonds. The summed E-state index contributed by atoms with van der Waals surface area (Å²) in [5.74, 6) is -2.20. The van der Waals surface area contributed by atoms with E-state index in [1.807, 2.05) is 20.8 Å². The fourth-order valence-electron chi connectivity index (χ4n) is 7.71. The van der Waals surface area contributed by atoms with E-state index in [1.165, 1.54) is 19.9 Å². The first-order chi connectivity index (χ1) is 15.1. The second-order valence-electron chi connectivity index (χ2n) is 11.0. The van der Waals surface area contributed by atoms with Crippen molar-refractivity contribution in [2.75, 3.05) is 0 Å². The van der Waals surface area contributed by atoms with Crippen LogP contribution < -0.4 is 0 Å². The quantitative estimate of drug-likeness (QED) is 0.321. The molecule has 3 aliphatic heterocycles. The minimum Gasteiger partial charge on any atom is -0.458 e. The molecule has 7 atom stereocenters. The molecule has 3 fully saturated rings. The van der Waals surface area contributed by atoms with Gasteiger partial charge in [-0.15, -0.1) is 0 Å². The van der Waals surface area contributed by atoms with Crippen LogP contribution in [0.1, 0.15) is 54.4 Å². The first-order valence-corrected chi connectivity index (χ1v) is 11.3. The number of carbonyl (C=O) groups is 3. The number of rotatable bonds is 0. The zero-order chi connectivity index (χ0) is 24.6. The predicted molar refractivity (Wildman–Crippen MR) is 114 cm³/mol. The van der Waals surface area contributed by atoms with Crippen LogP contribution in [-0.2, 0) is 28.6 Å². The van der Waals surface area contributed by atoms with Crippen LogP contribution in [-0.4, -0.2) is 57.1 Å². The molecule has 1 saturated carbocycles. The summed E-state index contributed by atoms with van der Waals surface area (Å²) >= 11 is 0. The molecule has 0 aromatic rings. The first-order valence-electron chi connectivity index (χ1n) is 11.3. The summed E-state index contributed by atoms with van der Waals surface area (Å²) in [7, 11) is 0. The fourth-order valence-corrected chi connectivity index (χ4v) is 7.71. The highest BCUT2D eigenvalue weighted by Gasteiger charge is 2.87. The predicted octanol–water partition coefficient (Wildman–Crippen LogP) is 1.89. The van der Waals surface area contributed by atoms with E-state index < -0.39 is 63.2 Å². The van der Waals surface area contributed by atoms with Crippen LogP contribution in [0.4, 0.5) is 0 Å². The van der Waals surface area contributed by atoms with E-state index in [-0.39, 0.29) is 5.57 Å². The lowest BCUT2D eigenvalue weighted by atomic mass is 9.38. The maximum atomic E-state index is 13.6. The number of esters is 3. The molecule has 5 rings (SSSR count). The van der Waals surface area contributed by atoms with Gasteiger partial charge in [-0.05, 0) is 58.6 Å². The lowest BCUT2D eigenvalue weighted by Crippen LogP contribution is -2.78. The van der Waals surface area contributed by atoms with E-state index in [0.717, 1.165) is 0 Å². The molecule has 33 heavy (non-hydrogen) atoms. The minimum absolute atomic E-state index is 0.138. The van der Waals surface area contributed by atoms with Crippen LogP contribution >= 0.6 is 0 Å². The third-order valence-electron chi connectivity index (χ3n) is 9.66.